The van der Waals surface area contributed by atoms with Crippen LogP contribution in [0.3, 0.4) is 0 Å². The molecule has 0 spiro atoms. The molecule has 1 atom stereocenters. The standard InChI is InChI=1S/C20H15N3O/c21-14-15-6-8-18(9-7-15)20(24)23-19(16-4-2-1-3-5-16)17-10-12-22-13-11-17/h1-13,19H,(H,23,24). The van der Waals surface area contributed by atoms with Gasteiger partial charge in [-0.2, -0.15) is 5.26 Å². The minimum absolute atomic E-state index is 0.190. The average Bonchev–Trinajstić information content (AvgIpc) is 2.67. The maximum atomic E-state index is 12.6. The maximum absolute atomic E-state index is 12.6. The van der Waals surface area contributed by atoms with E-state index in [9.17, 15) is 4.79 Å². The smallest absolute Gasteiger partial charge is 0.252 e. The van der Waals surface area contributed by atoms with E-state index in [0.29, 0.717) is 11.1 Å². The number of benzene rings is 2. The molecule has 24 heavy (non-hydrogen) atoms. The summed E-state index contributed by atoms with van der Waals surface area (Å²) in [6.07, 6.45) is 3.41. The number of nitrogens with one attached hydrogen (secondary N) is 1. The van der Waals surface area contributed by atoms with Crippen LogP contribution in [0.25, 0.3) is 0 Å². The molecule has 0 aliphatic carbocycles. The van der Waals surface area contributed by atoms with E-state index in [1.54, 1.807) is 36.7 Å². The van der Waals surface area contributed by atoms with Crippen molar-refractivity contribution in [2.24, 2.45) is 0 Å². The molecule has 1 unspecified atom stereocenters. The lowest BCUT2D eigenvalue weighted by molar-refractivity contribution is 0.0943. The summed E-state index contributed by atoms with van der Waals surface area (Å²) in [5.74, 6) is -0.190. The molecule has 0 aliphatic heterocycles. The highest BCUT2D eigenvalue weighted by molar-refractivity contribution is 5.94. The van der Waals surface area contributed by atoms with Crippen molar-refractivity contribution < 1.29 is 4.79 Å². The van der Waals surface area contributed by atoms with Crippen molar-refractivity contribution >= 4 is 5.91 Å². The lowest BCUT2D eigenvalue weighted by atomic mass is 9.99. The first-order valence-corrected chi connectivity index (χ1v) is 7.54. The Balaban J connectivity index is 1.89. The molecule has 4 nitrogen and oxygen atoms in total. The average molecular weight is 313 g/mol. The first-order chi connectivity index (χ1) is 11.8. The van der Waals surface area contributed by atoms with Gasteiger partial charge >= 0.3 is 0 Å². The number of carbonyl (C=O) groups is 1. The van der Waals surface area contributed by atoms with Gasteiger partial charge in [-0.3, -0.25) is 9.78 Å². The number of amides is 1. The summed E-state index contributed by atoms with van der Waals surface area (Å²) < 4.78 is 0. The second kappa shape index (κ2) is 7.21. The van der Waals surface area contributed by atoms with Gasteiger partial charge in [-0.15, -0.1) is 0 Å². The number of nitrogens with zero attached hydrogens (tertiary/aromatic N) is 2. The molecule has 1 heterocycles. The van der Waals surface area contributed by atoms with Crippen LogP contribution >= 0.6 is 0 Å². The Morgan fingerprint density at radius 2 is 1.54 bits per heavy atom. The lowest BCUT2D eigenvalue weighted by Gasteiger charge is -2.19. The van der Waals surface area contributed by atoms with Crippen molar-refractivity contribution in [3.63, 3.8) is 0 Å². The fourth-order valence-corrected chi connectivity index (χ4v) is 2.47. The monoisotopic (exact) mass is 313 g/mol. The van der Waals surface area contributed by atoms with Crippen molar-refractivity contribution in [1.82, 2.24) is 10.3 Å². The molecule has 1 N–H and O–H groups in total. The zero-order chi connectivity index (χ0) is 16.8. The number of carbonyl (C=O) groups excluding carboxylic acids is 1. The van der Waals surface area contributed by atoms with Gasteiger partial charge in [0.15, 0.2) is 0 Å². The van der Waals surface area contributed by atoms with Crippen molar-refractivity contribution in [2.75, 3.05) is 0 Å². The largest absolute Gasteiger partial charge is 0.341 e. The molecule has 0 saturated heterocycles. The van der Waals surface area contributed by atoms with E-state index in [1.165, 1.54) is 0 Å². The Kier molecular flexibility index (Phi) is 4.64. The quantitative estimate of drug-likeness (QED) is 0.802. The second-order valence-electron chi connectivity index (χ2n) is 5.29. The maximum Gasteiger partial charge on any atom is 0.252 e. The van der Waals surface area contributed by atoms with Crippen LogP contribution < -0.4 is 5.32 Å². The van der Waals surface area contributed by atoms with Crippen LogP contribution in [-0.4, -0.2) is 10.9 Å². The summed E-state index contributed by atoms with van der Waals surface area (Å²) in [7, 11) is 0. The van der Waals surface area contributed by atoms with Crippen molar-refractivity contribution in [3.05, 3.63) is 101 Å². The predicted octanol–water partition coefficient (Wildman–Crippen LogP) is 3.47. The van der Waals surface area contributed by atoms with Gasteiger partial charge in [0.25, 0.3) is 5.91 Å². The van der Waals surface area contributed by atoms with Crippen LogP contribution in [0.2, 0.25) is 0 Å². The zero-order valence-electron chi connectivity index (χ0n) is 12.9. The minimum Gasteiger partial charge on any atom is -0.341 e. The molecule has 0 fully saturated rings. The van der Waals surface area contributed by atoms with Crippen molar-refractivity contribution in [3.8, 4) is 6.07 Å². The molecule has 3 aromatic rings. The number of pyridine rings is 1. The van der Waals surface area contributed by atoms with Gasteiger partial charge in [0, 0.05) is 18.0 Å². The van der Waals surface area contributed by atoms with Crippen LogP contribution in [0.1, 0.15) is 33.1 Å². The van der Waals surface area contributed by atoms with Crippen molar-refractivity contribution in [2.45, 2.75) is 6.04 Å². The topological polar surface area (TPSA) is 65.8 Å². The van der Waals surface area contributed by atoms with Crippen LogP contribution in [-0.2, 0) is 0 Å². The molecule has 116 valence electrons. The molecule has 0 bridgehead atoms. The van der Waals surface area contributed by atoms with E-state index in [4.69, 9.17) is 5.26 Å². The van der Waals surface area contributed by atoms with E-state index in [0.717, 1.165) is 11.1 Å². The van der Waals surface area contributed by atoms with Crippen LogP contribution in [0.15, 0.2) is 79.1 Å². The Hall–Kier alpha value is -3.45. The summed E-state index contributed by atoms with van der Waals surface area (Å²) in [5.41, 5.74) is 2.99. The summed E-state index contributed by atoms with van der Waals surface area (Å²) >= 11 is 0. The van der Waals surface area contributed by atoms with Gasteiger partial charge in [0.05, 0.1) is 17.7 Å². The Labute approximate surface area is 140 Å². The zero-order valence-corrected chi connectivity index (χ0v) is 12.9. The normalized spacial score (nSPS) is 11.3. The third-order valence-electron chi connectivity index (χ3n) is 3.72. The molecule has 1 aromatic heterocycles. The highest BCUT2D eigenvalue weighted by Crippen LogP contribution is 2.22. The number of rotatable bonds is 4. The molecule has 3 rings (SSSR count). The van der Waals surface area contributed by atoms with E-state index in [-0.39, 0.29) is 11.9 Å². The Morgan fingerprint density at radius 3 is 2.17 bits per heavy atom. The Bertz CT molecular complexity index is 813. The number of hydrogen-bond acceptors (Lipinski definition) is 3. The Morgan fingerprint density at radius 1 is 0.917 bits per heavy atom. The SMILES string of the molecule is N#Cc1ccc(C(=O)NC(c2ccccc2)c2ccncc2)cc1. The van der Waals surface area contributed by atoms with Crippen LogP contribution in [0.4, 0.5) is 0 Å². The molecule has 0 aliphatic rings. The van der Waals surface area contributed by atoms with E-state index >= 15 is 0 Å². The third-order valence-corrected chi connectivity index (χ3v) is 3.72. The van der Waals surface area contributed by atoms with Crippen LogP contribution in [0.5, 0.6) is 0 Å². The first-order valence-electron chi connectivity index (χ1n) is 7.54. The number of nitriles is 1. The predicted molar refractivity (Wildman–Crippen MR) is 91.1 cm³/mol. The highest BCUT2D eigenvalue weighted by atomic mass is 16.1. The molecular weight excluding hydrogens is 298 g/mol. The summed E-state index contributed by atoms with van der Waals surface area (Å²) in [6.45, 7) is 0. The second-order valence-corrected chi connectivity index (χ2v) is 5.29. The van der Waals surface area contributed by atoms with Gasteiger partial charge in [-0.1, -0.05) is 30.3 Å². The van der Waals surface area contributed by atoms with Crippen molar-refractivity contribution in [1.29, 1.82) is 5.26 Å². The molecule has 2 aromatic carbocycles. The molecule has 0 saturated carbocycles. The number of aromatic nitrogens is 1. The van der Waals surface area contributed by atoms with Gasteiger partial charge in [-0.25, -0.2) is 0 Å². The molecular formula is C20H15N3O. The summed E-state index contributed by atoms with van der Waals surface area (Å²) in [5, 5.41) is 11.9. The van der Waals surface area contributed by atoms with E-state index in [1.807, 2.05) is 48.5 Å². The van der Waals surface area contributed by atoms with Gasteiger partial charge in [-0.05, 0) is 47.5 Å². The first kappa shape index (κ1) is 15.4. The fraction of sp³-hybridized carbons (Fsp3) is 0.0500. The van der Waals surface area contributed by atoms with Crippen LogP contribution in [0, 0.1) is 11.3 Å². The number of hydrogen-bond donors (Lipinski definition) is 1. The van der Waals surface area contributed by atoms with E-state index < -0.39 is 0 Å². The molecule has 1 amide bonds. The van der Waals surface area contributed by atoms with Gasteiger partial charge < -0.3 is 5.32 Å². The highest BCUT2D eigenvalue weighted by Gasteiger charge is 2.17. The van der Waals surface area contributed by atoms with Gasteiger partial charge in [0.2, 0.25) is 0 Å². The summed E-state index contributed by atoms with van der Waals surface area (Å²) in [4.78, 5) is 16.6. The third kappa shape index (κ3) is 3.47. The lowest BCUT2D eigenvalue weighted by Crippen LogP contribution is -2.29. The molecule has 0 radical (unpaired) electrons. The summed E-state index contributed by atoms with van der Waals surface area (Å²) in [6, 6.07) is 21.9. The van der Waals surface area contributed by atoms with Gasteiger partial charge in [0.1, 0.15) is 0 Å². The molecule has 4 heteroatoms. The van der Waals surface area contributed by atoms with E-state index in [2.05, 4.69) is 10.3 Å². The fourth-order valence-electron chi connectivity index (χ4n) is 2.47. The minimum atomic E-state index is -0.266.